The fourth-order valence-corrected chi connectivity index (χ4v) is 3.74. The Labute approximate surface area is 329 Å². The zero-order valence-electron chi connectivity index (χ0n) is 30.9. The molecular formula is C44H53ClO10. The lowest BCUT2D eigenvalue weighted by Crippen LogP contribution is -2.25. The number of phenols is 1. The normalized spacial score (nSPS) is 11.1. The molecule has 0 amide bonds. The van der Waals surface area contributed by atoms with Crippen LogP contribution in [0.2, 0.25) is 0 Å². The molecule has 0 heterocycles. The second-order valence-electron chi connectivity index (χ2n) is 10.9. The van der Waals surface area contributed by atoms with Gasteiger partial charge in [0.2, 0.25) is 5.24 Å². The maximum atomic E-state index is 11.8. The van der Waals surface area contributed by atoms with Crippen LogP contribution in [-0.2, 0) is 37.1 Å². The first-order valence-electron chi connectivity index (χ1n) is 17.0. The van der Waals surface area contributed by atoms with Crippen molar-refractivity contribution >= 4 is 28.8 Å². The van der Waals surface area contributed by atoms with Gasteiger partial charge in [0.05, 0.1) is 13.2 Å². The van der Waals surface area contributed by atoms with Gasteiger partial charge in [0.15, 0.2) is 12.2 Å². The minimum Gasteiger partial charge on any atom is -0.508 e. The van der Waals surface area contributed by atoms with Gasteiger partial charge in [-0.05, 0) is 79.4 Å². The lowest BCUT2D eigenvalue weighted by Gasteiger charge is -2.12. The summed E-state index contributed by atoms with van der Waals surface area (Å²) < 4.78 is 20.8. The predicted molar refractivity (Wildman–Crippen MR) is 216 cm³/mol. The molecule has 0 aliphatic carbocycles. The Morgan fingerprint density at radius 2 is 0.891 bits per heavy atom. The van der Waals surface area contributed by atoms with E-state index in [1.807, 2.05) is 91.0 Å². The molecule has 0 saturated heterocycles. The summed E-state index contributed by atoms with van der Waals surface area (Å²) in [5.74, 6) is 0.320. The quantitative estimate of drug-likeness (QED) is 0.0639. The second-order valence-corrected chi connectivity index (χ2v) is 11.3. The maximum Gasteiger partial charge on any atom is 0.340 e. The molecule has 0 fully saturated rings. The lowest BCUT2D eigenvalue weighted by atomic mass is 10.2. The van der Waals surface area contributed by atoms with Crippen molar-refractivity contribution in [1.82, 2.24) is 0 Å². The first-order valence-corrected chi connectivity index (χ1v) is 17.4. The van der Waals surface area contributed by atoms with Crippen LogP contribution in [0.1, 0.15) is 45.7 Å². The van der Waals surface area contributed by atoms with E-state index in [1.165, 1.54) is 0 Å². The van der Waals surface area contributed by atoms with Gasteiger partial charge in [0, 0.05) is 7.11 Å². The van der Waals surface area contributed by atoms with E-state index in [2.05, 4.69) is 0 Å². The van der Waals surface area contributed by atoms with Crippen LogP contribution in [0.3, 0.4) is 0 Å². The Morgan fingerprint density at radius 3 is 1.22 bits per heavy atom. The molecule has 0 aromatic heterocycles. The highest BCUT2D eigenvalue weighted by atomic mass is 35.5. The Hall–Kier alpha value is -5.36. The number of phenolic OH excluding ortho intramolecular Hbond substituents is 1. The van der Waals surface area contributed by atoms with E-state index in [4.69, 9.17) is 45.9 Å². The molecule has 0 spiro atoms. The van der Waals surface area contributed by atoms with E-state index in [1.54, 1.807) is 81.4 Å². The summed E-state index contributed by atoms with van der Waals surface area (Å²) in [4.78, 5) is 33.5. The first-order chi connectivity index (χ1) is 26.1. The van der Waals surface area contributed by atoms with E-state index in [0.29, 0.717) is 36.9 Å². The number of halogens is 1. The first kappa shape index (κ1) is 49.6. The molecule has 0 aliphatic rings. The monoisotopic (exact) mass is 776 g/mol. The molecular weight excluding hydrogens is 724 g/mol. The van der Waals surface area contributed by atoms with Gasteiger partial charge in [-0.25, -0.2) is 9.59 Å². The largest absolute Gasteiger partial charge is 0.508 e. The average Bonchev–Trinajstić information content (AvgIpc) is 3.22. The Kier molecular flexibility index (Phi) is 28.0. The van der Waals surface area contributed by atoms with Gasteiger partial charge >= 0.3 is 11.9 Å². The highest BCUT2D eigenvalue weighted by Gasteiger charge is 2.16. The summed E-state index contributed by atoms with van der Waals surface area (Å²) in [6.07, 6.45) is -1.80. The minimum atomic E-state index is -1.03. The molecule has 10 nitrogen and oxygen atoms in total. The molecule has 5 aromatic carbocycles. The Bertz CT molecular complexity index is 1680. The number of para-hydroxylation sites is 3. The maximum absolute atomic E-state index is 11.8. The lowest BCUT2D eigenvalue weighted by molar-refractivity contribution is -0.147. The number of aliphatic hydroxyl groups is 2. The standard InChI is InChI=1S/C16H16O3.C10H11ClO2.C10H12O3.C6H6O.CH4O.CH4/c1-13(18-12-14-8-4-2-5-9-14)16(17)19-15-10-6-3-7-11-15;1-8(10(11)12)13-7-9-5-3-2-4-6-9;1-2-9(11)10(12)13-8-6-4-3-5-7-8;7-6-4-2-1-3-5-6;1-2;/h2-11,13H,12H2,1H3;2-6,8H,7H2,1H3;3-7,9,11H,2H2,1H3;1-5,7H;2H,1H3;1H4. The predicted octanol–water partition coefficient (Wildman–Crippen LogP) is 8.55. The van der Waals surface area contributed by atoms with Gasteiger partial charge in [-0.15, -0.1) is 0 Å². The summed E-state index contributed by atoms with van der Waals surface area (Å²) in [6.45, 7) is 5.86. The van der Waals surface area contributed by atoms with Gasteiger partial charge < -0.3 is 34.3 Å². The molecule has 3 unspecified atom stereocenters. The van der Waals surface area contributed by atoms with Crippen molar-refractivity contribution in [3.63, 3.8) is 0 Å². The van der Waals surface area contributed by atoms with Gasteiger partial charge in [-0.3, -0.25) is 4.79 Å². The van der Waals surface area contributed by atoms with Crippen LogP contribution in [0.15, 0.2) is 152 Å². The number of hydrogen-bond acceptors (Lipinski definition) is 10. The number of ether oxygens (including phenoxy) is 4. The molecule has 296 valence electrons. The van der Waals surface area contributed by atoms with Crippen LogP contribution in [0, 0.1) is 0 Å². The Balaban J connectivity index is 0.000000723. The van der Waals surface area contributed by atoms with Crippen LogP contribution >= 0.6 is 11.6 Å². The number of aromatic hydroxyl groups is 1. The van der Waals surface area contributed by atoms with Gasteiger partial charge in [0.1, 0.15) is 23.4 Å². The number of rotatable bonds is 12. The van der Waals surface area contributed by atoms with E-state index in [0.717, 1.165) is 18.2 Å². The second kappa shape index (κ2) is 31.0. The number of hydrogen-bond donors (Lipinski definition) is 3. The van der Waals surface area contributed by atoms with Crippen LogP contribution in [0.5, 0.6) is 17.2 Å². The molecule has 3 atom stereocenters. The molecule has 0 saturated carbocycles. The molecule has 5 rings (SSSR count). The van der Waals surface area contributed by atoms with E-state index >= 15 is 0 Å². The van der Waals surface area contributed by atoms with Crippen LogP contribution < -0.4 is 9.47 Å². The van der Waals surface area contributed by atoms with Gasteiger partial charge in [-0.1, -0.05) is 130 Å². The third-order valence-electron chi connectivity index (χ3n) is 6.68. The minimum absolute atomic E-state index is 0. The van der Waals surface area contributed by atoms with Crippen molar-refractivity contribution in [1.29, 1.82) is 0 Å². The number of esters is 2. The number of benzene rings is 5. The van der Waals surface area contributed by atoms with Gasteiger partial charge in [-0.2, -0.15) is 0 Å². The number of carbonyl (C=O) groups excluding carboxylic acids is 3. The van der Waals surface area contributed by atoms with Crippen molar-refractivity contribution in [3.8, 4) is 17.2 Å². The molecule has 55 heavy (non-hydrogen) atoms. The van der Waals surface area contributed by atoms with Crippen molar-refractivity contribution in [3.05, 3.63) is 163 Å². The summed E-state index contributed by atoms with van der Waals surface area (Å²) in [5.41, 5.74) is 2.06. The molecule has 11 heteroatoms. The van der Waals surface area contributed by atoms with Gasteiger partial charge in [0.25, 0.3) is 0 Å². The molecule has 0 bridgehead atoms. The molecule has 0 radical (unpaired) electrons. The topological polar surface area (TPSA) is 149 Å². The Morgan fingerprint density at radius 1 is 0.564 bits per heavy atom. The fourth-order valence-electron chi connectivity index (χ4n) is 3.68. The number of carbonyl (C=O) groups is 3. The average molecular weight is 777 g/mol. The van der Waals surface area contributed by atoms with E-state index in [-0.39, 0.29) is 13.4 Å². The van der Waals surface area contributed by atoms with E-state index < -0.39 is 29.5 Å². The SMILES string of the molecule is C.CC(OCc1ccccc1)C(=O)Cl.CC(OCc1ccccc1)C(=O)Oc1ccccc1.CCC(O)C(=O)Oc1ccccc1.CO.Oc1ccccc1. The summed E-state index contributed by atoms with van der Waals surface area (Å²) in [5, 5.41) is 24.3. The smallest absolute Gasteiger partial charge is 0.340 e. The van der Waals surface area contributed by atoms with Crippen LogP contribution in [-0.4, -0.2) is 57.9 Å². The van der Waals surface area contributed by atoms with Crippen LogP contribution in [0.4, 0.5) is 0 Å². The number of aliphatic hydroxyl groups excluding tert-OH is 2. The van der Waals surface area contributed by atoms with Crippen molar-refractivity contribution in [2.24, 2.45) is 0 Å². The van der Waals surface area contributed by atoms with Crippen LogP contribution in [0.25, 0.3) is 0 Å². The van der Waals surface area contributed by atoms with E-state index in [9.17, 15) is 14.4 Å². The highest BCUT2D eigenvalue weighted by molar-refractivity contribution is 6.64. The molecule has 5 aromatic rings. The highest BCUT2D eigenvalue weighted by Crippen LogP contribution is 2.12. The molecule has 0 aliphatic heterocycles. The summed E-state index contributed by atoms with van der Waals surface area (Å²) >= 11 is 5.23. The van der Waals surface area contributed by atoms with Crippen molar-refractivity contribution < 1.29 is 48.7 Å². The van der Waals surface area contributed by atoms with Crippen molar-refractivity contribution in [2.75, 3.05) is 7.11 Å². The third-order valence-corrected chi connectivity index (χ3v) is 6.98. The third kappa shape index (κ3) is 23.8. The molecule has 3 N–H and O–H groups in total. The summed E-state index contributed by atoms with van der Waals surface area (Å²) in [7, 11) is 1.00. The zero-order chi connectivity index (χ0) is 40.0. The summed E-state index contributed by atoms with van der Waals surface area (Å²) in [6, 6.07) is 45.7. The van der Waals surface area contributed by atoms with Crippen molar-refractivity contribution in [2.45, 2.75) is 66.1 Å². The fraction of sp³-hybridized carbons (Fsp3) is 0.250. The zero-order valence-corrected chi connectivity index (χ0v) is 31.6.